The normalized spacial score (nSPS) is 15.8. The fourth-order valence-electron chi connectivity index (χ4n) is 4.51. The summed E-state index contributed by atoms with van der Waals surface area (Å²) in [6, 6.07) is 18.8. The molecular formula is C32H32Cl2N2O5S2. The number of alkyl halides is 1. The SMILES string of the molecule is CC(C)(C)c1ccc(C(Cc2ccc(C(=O)NCCS(=O)(=O)O)s2)C(=O)Nc2ccc(C3=C=C=C(Cl)CC3Cl)cc2)cc1. The highest BCUT2D eigenvalue weighted by atomic mass is 35.5. The molecule has 2 unspecified atom stereocenters. The molecule has 0 bridgehead atoms. The van der Waals surface area contributed by atoms with Gasteiger partial charge in [0.05, 0.1) is 27.0 Å². The van der Waals surface area contributed by atoms with E-state index in [1.165, 1.54) is 11.3 Å². The van der Waals surface area contributed by atoms with E-state index in [0.29, 0.717) is 28.4 Å². The van der Waals surface area contributed by atoms with E-state index in [4.69, 9.17) is 27.8 Å². The molecule has 0 aliphatic heterocycles. The molecule has 2 amide bonds. The molecule has 4 rings (SSSR count). The summed E-state index contributed by atoms with van der Waals surface area (Å²) in [5.74, 6) is -1.77. The van der Waals surface area contributed by atoms with Crippen LogP contribution in [0.4, 0.5) is 5.69 Å². The van der Waals surface area contributed by atoms with E-state index in [-0.39, 0.29) is 23.2 Å². The largest absolute Gasteiger partial charge is 0.350 e. The van der Waals surface area contributed by atoms with Gasteiger partial charge in [0.1, 0.15) is 0 Å². The molecule has 0 saturated heterocycles. The van der Waals surface area contributed by atoms with E-state index in [0.717, 1.165) is 27.1 Å². The number of anilines is 1. The Morgan fingerprint density at radius 1 is 1.05 bits per heavy atom. The molecular weight excluding hydrogens is 627 g/mol. The molecule has 43 heavy (non-hydrogen) atoms. The first-order chi connectivity index (χ1) is 20.2. The van der Waals surface area contributed by atoms with Crippen molar-refractivity contribution in [3.63, 3.8) is 0 Å². The van der Waals surface area contributed by atoms with Crippen molar-refractivity contribution in [1.29, 1.82) is 0 Å². The zero-order valence-corrected chi connectivity index (χ0v) is 27.1. The minimum atomic E-state index is -4.18. The van der Waals surface area contributed by atoms with Crippen LogP contribution in [0.1, 0.15) is 64.3 Å². The molecule has 2 atom stereocenters. The number of nitrogens with one attached hydrogen (secondary N) is 2. The molecule has 7 nitrogen and oxygen atoms in total. The number of hydrogen-bond acceptors (Lipinski definition) is 5. The predicted molar refractivity (Wildman–Crippen MR) is 174 cm³/mol. The maximum Gasteiger partial charge on any atom is 0.266 e. The number of hydrogen-bond donors (Lipinski definition) is 3. The van der Waals surface area contributed by atoms with E-state index >= 15 is 0 Å². The van der Waals surface area contributed by atoms with Gasteiger partial charge in [-0.15, -0.1) is 22.9 Å². The van der Waals surface area contributed by atoms with Crippen molar-refractivity contribution in [3.05, 3.63) is 104 Å². The Hall–Kier alpha value is -3.13. The minimum absolute atomic E-state index is 0.0461. The van der Waals surface area contributed by atoms with E-state index in [1.54, 1.807) is 12.1 Å². The lowest BCUT2D eigenvalue weighted by Gasteiger charge is -2.21. The monoisotopic (exact) mass is 658 g/mol. The van der Waals surface area contributed by atoms with Gasteiger partial charge in [0, 0.05) is 29.1 Å². The third-order valence-electron chi connectivity index (χ3n) is 6.90. The summed E-state index contributed by atoms with van der Waals surface area (Å²) in [5, 5.41) is 5.74. The Morgan fingerprint density at radius 3 is 2.33 bits per heavy atom. The van der Waals surface area contributed by atoms with Crippen LogP contribution in [0.5, 0.6) is 0 Å². The summed E-state index contributed by atoms with van der Waals surface area (Å²) in [6.07, 6.45) is 0.830. The fourth-order valence-corrected chi connectivity index (χ4v) is 6.45. The molecule has 0 spiro atoms. The van der Waals surface area contributed by atoms with Gasteiger partial charge in [-0.25, -0.2) is 0 Å². The Bertz CT molecular complexity index is 1710. The van der Waals surface area contributed by atoms with Crippen molar-refractivity contribution in [2.24, 2.45) is 0 Å². The Morgan fingerprint density at radius 2 is 1.72 bits per heavy atom. The zero-order valence-electron chi connectivity index (χ0n) is 23.9. The maximum atomic E-state index is 13.7. The van der Waals surface area contributed by atoms with Crippen LogP contribution in [0.3, 0.4) is 0 Å². The van der Waals surface area contributed by atoms with Crippen LogP contribution in [0.25, 0.3) is 5.57 Å². The number of carbonyl (C=O) groups excluding carboxylic acids is 2. The van der Waals surface area contributed by atoms with Crippen molar-refractivity contribution in [2.45, 2.75) is 50.3 Å². The molecule has 1 aromatic heterocycles. The first kappa shape index (κ1) is 32.8. The molecule has 2 aromatic carbocycles. The minimum Gasteiger partial charge on any atom is -0.350 e. The number of thiophene rings is 1. The van der Waals surface area contributed by atoms with Crippen molar-refractivity contribution < 1.29 is 22.6 Å². The first-order valence-corrected chi connectivity index (χ1v) is 16.8. The summed E-state index contributed by atoms with van der Waals surface area (Å²) in [7, 11) is -4.18. The topological polar surface area (TPSA) is 113 Å². The number of benzene rings is 2. The van der Waals surface area contributed by atoms with Gasteiger partial charge in [-0.2, -0.15) is 8.42 Å². The fraction of sp³-hybridized carbons (Fsp3) is 0.312. The molecule has 1 heterocycles. The number of allylic oxidation sites excluding steroid dienone is 2. The van der Waals surface area contributed by atoms with Crippen molar-refractivity contribution >= 4 is 67.7 Å². The Kier molecular flexibility index (Phi) is 10.4. The lowest BCUT2D eigenvalue weighted by atomic mass is 9.85. The average molecular weight is 660 g/mol. The Labute approximate surface area is 266 Å². The van der Waals surface area contributed by atoms with Crippen LogP contribution in [0.2, 0.25) is 0 Å². The van der Waals surface area contributed by atoms with Crippen LogP contribution < -0.4 is 10.6 Å². The first-order valence-electron chi connectivity index (χ1n) is 13.6. The predicted octanol–water partition coefficient (Wildman–Crippen LogP) is 6.90. The number of rotatable bonds is 10. The highest BCUT2D eigenvalue weighted by Crippen LogP contribution is 2.32. The van der Waals surface area contributed by atoms with Crippen molar-refractivity contribution in [1.82, 2.24) is 5.32 Å². The van der Waals surface area contributed by atoms with Gasteiger partial charge >= 0.3 is 0 Å². The third kappa shape index (κ3) is 9.18. The van der Waals surface area contributed by atoms with Crippen molar-refractivity contribution in [2.75, 3.05) is 17.6 Å². The average Bonchev–Trinajstić information content (AvgIpc) is 3.40. The lowest BCUT2D eigenvalue weighted by Crippen LogP contribution is -2.28. The molecule has 0 fully saturated rings. The van der Waals surface area contributed by atoms with E-state index < -0.39 is 27.7 Å². The smallest absolute Gasteiger partial charge is 0.266 e. The number of halogens is 2. The van der Waals surface area contributed by atoms with Crippen LogP contribution >= 0.6 is 34.5 Å². The zero-order chi connectivity index (χ0) is 31.4. The molecule has 11 heteroatoms. The Balaban J connectivity index is 1.54. The van der Waals surface area contributed by atoms with Gasteiger partial charge in [-0.05, 0) is 52.8 Å². The van der Waals surface area contributed by atoms with E-state index in [1.807, 2.05) is 48.5 Å². The van der Waals surface area contributed by atoms with Gasteiger partial charge in [0.25, 0.3) is 16.0 Å². The summed E-state index contributed by atoms with van der Waals surface area (Å²) >= 11 is 13.7. The summed E-state index contributed by atoms with van der Waals surface area (Å²) in [5.41, 5.74) is 10.1. The second-order valence-corrected chi connectivity index (χ2v) is 15.0. The molecule has 3 aromatic rings. The lowest BCUT2D eigenvalue weighted by molar-refractivity contribution is -0.117. The maximum absolute atomic E-state index is 13.7. The molecule has 0 saturated carbocycles. The van der Waals surface area contributed by atoms with Gasteiger partial charge in [0.15, 0.2) is 0 Å². The van der Waals surface area contributed by atoms with Crippen LogP contribution in [0.15, 0.2) is 77.2 Å². The molecule has 1 aliphatic rings. The second-order valence-electron chi connectivity index (χ2n) is 11.2. The van der Waals surface area contributed by atoms with Gasteiger partial charge < -0.3 is 10.6 Å². The van der Waals surface area contributed by atoms with Gasteiger partial charge in [-0.3, -0.25) is 14.1 Å². The summed E-state index contributed by atoms with van der Waals surface area (Å²) in [6.45, 7) is 6.17. The summed E-state index contributed by atoms with van der Waals surface area (Å²) in [4.78, 5) is 27.4. The van der Waals surface area contributed by atoms with Crippen LogP contribution in [-0.4, -0.2) is 42.5 Å². The van der Waals surface area contributed by atoms with Crippen LogP contribution in [-0.2, 0) is 26.7 Å². The van der Waals surface area contributed by atoms with E-state index in [9.17, 15) is 18.0 Å². The quantitative estimate of drug-likeness (QED) is 0.125. The molecule has 3 N–H and O–H groups in total. The van der Waals surface area contributed by atoms with Crippen LogP contribution in [0, 0.1) is 0 Å². The van der Waals surface area contributed by atoms with Gasteiger partial charge in [0.2, 0.25) is 5.91 Å². The van der Waals surface area contributed by atoms with Crippen molar-refractivity contribution in [3.8, 4) is 0 Å². The standard InChI is InChI=1S/C32H32Cl2N2O5S2/c1-32(2,3)22-8-4-21(5-9-22)27(19-25-13-15-29(42-25)31(38)35-16-17-43(39,40)41)30(37)36-24-11-6-20(7-12-24)26-14-10-23(33)18-28(26)34/h4-9,11-13,15,27-28H,16-19H2,1-3H3,(H,35,38)(H,36,37)(H,39,40,41). The van der Waals surface area contributed by atoms with E-state index in [2.05, 4.69) is 42.9 Å². The highest BCUT2D eigenvalue weighted by molar-refractivity contribution is 7.85. The summed E-state index contributed by atoms with van der Waals surface area (Å²) < 4.78 is 30.8. The highest BCUT2D eigenvalue weighted by Gasteiger charge is 2.25. The second kappa shape index (κ2) is 13.7. The molecule has 226 valence electrons. The number of carbonyl (C=O) groups is 2. The molecule has 0 radical (unpaired) electrons. The third-order valence-corrected chi connectivity index (χ3v) is 9.35. The van der Waals surface area contributed by atoms with Gasteiger partial charge in [-0.1, -0.05) is 80.2 Å². The molecule has 1 aliphatic carbocycles. The number of amides is 2.